The van der Waals surface area contributed by atoms with Crippen LogP contribution in [0.1, 0.15) is 44.9 Å². The molecule has 0 fully saturated rings. The van der Waals surface area contributed by atoms with Crippen LogP contribution in [0.25, 0.3) is 0 Å². The molecule has 0 N–H and O–H groups in total. The summed E-state index contributed by atoms with van der Waals surface area (Å²) in [7, 11) is 0. The average Bonchev–Trinajstić information content (AvgIpc) is 2.02. The van der Waals surface area contributed by atoms with E-state index in [-0.39, 0.29) is 0 Å². The van der Waals surface area contributed by atoms with Gasteiger partial charge in [-0.2, -0.15) is 0 Å². The minimum Gasteiger partial charge on any atom is -0.303 e. The molecular formula is C11H18O. The van der Waals surface area contributed by atoms with Crippen molar-refractivity contribution in [1.82, 2.24) is 0 Å². The molecule has 0 heterocycles. The lowest BCUT2D eigenvalue weighted by atomic mass is 9.93. The summed E-state index contributed by atoms with van der Waals surface area (Å²) in [5.41, 5.74) is 0. The third-order valence-electron chi connectivity index (χ3n) is 2.51. The fraction of sp³-hybridized carbons (Fsp3) is 0.727. The maximum atomic E-state index is 10.2. The summed E-state index contributed by atoms with van der Waals surface area (Å²) in [5, 5.41) is 0. The van der Waals surface area contributed by atoms with Gasteiger partial charge in [-0.15, -0.1) is 0 Å². The first kappa shape index (κ1) is 9.50. The third kappa shape index (κ3) is 3.70. The number of hydrogen-bond donors (Lipinski definition) is 0. The van der Waals surface area contributed by atoms with E-state index >= 15 is 0 Å². The topological polar surface area (TPSA) is 17.1 Å². The van der Waals surface area contributed by atoms with Gasteiger partial charge in [-0.1, -0.05) is 25.0 Å². The Morgan fingerprint density at radius 3 is 3.08 bits per heavy atom. The quantitative estimate of drug-likeness (QED) is 0.465. The van der Waals surface area contributed by atoms with Gasteiger partial charge in [0, 0.05) is 6.42 Å². The van der Waals surface area contributed by atoms with Gasteiger partial charge in [0.05, 0.1) is 0 Å². The molecule has 0 spiro atoms. The highest BCUT2D eigenvalue weighted by Gasteiger charge is 2.05. The number of carbonyl (C=O) groups excluding carboxylic acids is 1. The first-order valence-corrected chi connectivity index (χ1v) is 5.04. The molecule has 1 atom stereocenters. The van der Waals surface area contributed by atoms with Crippen LogP contribution < -0.4 is 0 Å². The Bertz CT molecular complexity index is 149. The maximum Gasteiger partial charge on any atom is 0.120 e. The number of aldehydes is 1. The molecule has 0 aromatic carbocycles. The third-order valence-corrected chi connectivity index (χ3v) is 2.51. The summed E-state index contributed by atoms with van der Waals surface area (Å²) >= 11 is 0. The van der Waals surface area contributed by atoms with Gasteiger partial charge in [0.15, 0.2) is 0 Å². The summed E-state index contributed by atoms with van der Waals surface area (Å²) in [4.78, 5) is 10.2. The van der Waals surface area contributed by atoms with Crippen molar-refractivity contribution < 1.29 is 4.79 Å². The Labute approximate surface area is 74.9 Å². The zero-order chi connectivity index (χ0) is 8.65. The molecule has 0 saturated carbocycles. The summed E-state index contributed by atoms with van der Waals surface area (Å²) in [5.74, 6) is 0.676. The van der Waals surface area contributed by atoms with E-state index in [1.165, 1.54) is 32.1 Å². The molecule has 12 heavy (non-hydrogen) atoms. The van der Waals surface area contributed by atoms with Gasteiger partial charge >= 0.3 is 0 Å². The smallest absolute Gasteiger partial charge is 0.120 e. The van der Waals surface area contributed by atoms with Crippen molar-refractivity contribution >= 4 is 6.29 Å². The molecule has 0 aromatic rings. The van der Waals surface area contributed by atoms with E-state index in [4.69, 9.17) is 0 Å². The Kier molecular flexibility index (Phi) is 4.74. The molecule has 68 valence electrons. The molecule has 1 heteroatoms. The van der Waals surface area contributed by atoms with Crippen LogP contribution in [0.4, 0.5) is 0 Å². The molecule has 0 aromatic heterocycles. The standard InChI is InChI=1S/C11H18O/c12-10-6-9-11-7-4-2-1-3-5-8-11/h4,7,10-11H,1-3,5-6,8-9H2/b7-4-. The van der Waals surface area contributed by atoms with E-state index < -0.39 is 0 Å². The Balaban J connectivity index is 2.27. The highest BCUT2D eigenvalue weighted by atomic mass is 16.1. The van der Waals surface area contributed by atoms with Gasteiger partial charge in [0.2, 0.25) is 0 Å². The molecule has 1 rings (SSSR count). The normalized spacial score (nSPS) is 27.2. The first-order chi connectivity index (χ1) is 5.93. The second-order valence-electron chi connectivity index (χ2n) is 3.57. The van der Waals surface area contributed by atoms with Gasteiger partial charge in [0.1, 0.15) is 6.29 Å². The van der Waals surface area contributed by atoms with Crippen molar-refractivity contribution in [3.8, 4) is 0 Å². The first-order valence-electron chi connectivity index (χ1n) is 5.04. The summed E-state index contributed by atoms with van der Waals surface area (Å²) in [6.45, 7) is 0. The van der Waals surface area contributed by atoms with Crippen molar-refractivity contribution in [2.24, 2.45) is 5.92 Å². The largest absolute Gasteiger partial charge is 0.303 e. The molecule has 0 amide bonds. The van der Waals surface area contributed by atoms with Crippen LogP contribution in [0.3, 0.4) is 0 Å². The van der Waals surface area contributed by atoms with Crippen molar-refractivity contribution in [1.29, 1.82) is 0 Å². The van der Waals surface area contributed by atoms with Crippen molar-refractivity contribution in [2.75, 3.05) is 0 Å². The van der Waals surface area contributed by atoms with Crippen LogP contribution in [-0.2, 0) is 4.79 Å². The number of allylic oxidation sites excluding steroid dienone is 2. The van der Waals surface area contributed by atoms with Crippen LogP contribution in [-0.4, -0.2) is 6.29 Å². The second kappa shape index (κ2) is 5.99. The lowest BCUT2D eigenvalue weighted by molar-refractivity contribution is -0.108. The fourth-order valence-corrected chi connectivity index (χ4v) is 1.75. The van der Waals surface area contributed by atoms with Crippen LogP contribution in [0, 0.1) is 5.92 Å². The minimum atomic E-state index is 0.676. The van der Waals surface area contributed by atoms with E-state index in [1.54, 1.807) is 0 Å². The molecule has 0 bridgehead atoms. The van der Waals surface area contributed by atoms with E-state index in [1.807, 2.05) is 0 Å². The summed E-state index contributed by atoms with van der Waals surface area (Å²) in [6.07, 6.45) is 14.0. The Hall–Kier alpha value is -0.590. The summed E-state index contributed by atoms with van der Waals surface area (Å²) < 4.78 is 0. The van der Waals surface area contributed by atoms with Crippen LogP contribution in [0.2, 0.25) is 0 Å². The predicted molar refractivity (Wildman–Crippen MR) is 51.0 cm³/mol. The highest BCUT2D eigenvalue weighted by molar-refractivity contribution is 5.49. The van der Waals surface area contributed by atoms with Crippen LogP contribution in [0.5, 0.6) is 0 Å². The minimum absolute atomic E-state index is 0.676. The lowest BCUT2D eigenvalue weighted by Crippen LogP contribution is -1.99. The number of rotatable bonds is 3. The van der Waals surface area contributed by atoms with Gasteiger partial charge in [0.25, 0.3) is 0 Å². The Morgan fingerprint density at radius 2 is 2.25 bits per heavy atom. The van der Waals surface area contributed by atoms with E-state index in [2.05, 4.69) is 12.2 Å². The lowest BCUT2D eigenvalue weighted by Gasteiger charge is -2.13. The maximum absolute atomic E-state index is 10.2. The van der Waals surface area contributed by atoms with Crippen molar-refractivity contribution in [3.05, 3.63) is 12.2 Å². The molecule has 1 aliphatic carbocycles. The van der Waals surface area contributed by atoms with Gasteiger partial charge < -0.3 is 4.79 Å². The zero-order valence-electron chi connectivity index (χ0n) is 7.67. The summed E-state index contributed by atoms with van der Waals surface area (Å²) in [6, 6.07) is 0. The number of hydrogen-bond acceptors (Lipinski definition) is 1. The van der Waals surface area contributed by atoms with Crippen molar-refractivity contribution in [2.45, 2.75) is 44.9 Å². The van der Waals surface area contributed by atoms with Gasteiger partial charge in [-0.05, 0) is 31.6 Å². The Morgan fingerprint density at radius 1 is 1.33 bits per heavy atom. The monoisotopic (exact) mass is 166 g/mol. The average molecular weight is 166 g/mol. The molecular weight excluding hydrogens is 148 g/mol. The van der Waals surface area contributed by atoms with E-state index in [9.17, 15) is 4.79 Å². The van der Waals surface area contributed by atoms with Gasteiger partial charge in [-0.25, -0.2) is 0 Å². The van der Waals surface area contributed by atoms with Crippen molar-refractivity contribution in [3.63, 3.8) is 0 Å². The highest BCUT2D eigenvalue weighted by Crippen LogP contribution is 2.20. The molecule has 1 unspecified atom stereocenters. The molecule has 0 radical (unpaired) electrons. The molecule has 0 saturated heterocycles. The SMILES string of the molecule is O=CCCC1/C=C\CCCCC1. The van der Waals surface area contributed by atoms with E-state index in [0.717, 1.165) is 19.1 Å². The second-order valence-corrected chi connectivity index (χ2v) is 3.57. The fourth-order valence-electron chi connectivity index (χ4n) is 1.75. The van der Waals surface area contributed by atoms with Crippen LogP contribution in [0.15, 0.2) is 12.2 Å². The van der Waals surface area contributed by atoms with E-state index in [0.29, 0.717) is 5.92 Å². The molecule has 0 aliphatic heterocycles. The predicted octanol–water partition coefficient (Wildman–Crippen LogP) is 3.10. The molecule has 1 nitrogen and oxygen atoms in total. The van der Waals surface area contributed by atoms with Gasteiger partial charge in [-0.3, -0.25) is 0 Å². The van der Waals surface area contributed by atoms with Crippen LogP contribution >= 0.6 is 0 Å². The zero-order valence-corrected chi connectivity index (χ0v) is 7.67. The molecule has 1 aliphatic rings. The number of carbonyl (C=O) groups is 1.